The van der Waals surface area contributed by atoms with Crippen LogP contribution in [0.5, 0.6) is 5.75 Å². The van der Waals surface area contributed by atoms with Gasteiger partial charge in [0.15, 0.2) is 0 Å². The maximum absolute atomic E-state index is 13.3. The number of benzene rings is 3. The molecule has 0 saturated heterocycles. The number of hydrogen-bond acceptors (Lipinski definition) is 2. The van der Waals surface area contributed by atoms with Gasteiger partial charge in [-0.05, 0) is 53.2 Å². The van der Waals surface area contributed by atoms with Crippen LogP contribution in [0.15, 0.2) is 91.0 Å². The summed E-state index contributed by atoms with van der Waals surface area (Å²) < 4.78 is 5.30. The molecule has 0 aromatic heterocycles. The molecule has 3 heteroatoms. The summed E-state index contributed by atoms with van der Waals surface area (Å²) in [5.74, 6) is 1.19. The zero-order chi connectivity index (χ0) is 21.5. The van der Waals surface area contributed by atoms with Gasteiger partial charge in [-0.1, -0.05) is 85.6 Å². The van der Waals surface area contributed by atoms with Crippen molar-refractivity contribution in [3.63, 3.8) is 0 Å². The van der Waals surface area contributed by atoms with Crippen molar-refractivity contribution in [1.82, 2.24) is 5.32 Å². The van der Waals surface area contributed by atoms with Crippen LogP contribution in [0.1, 0.15) is 48.4 Å². The quantitative estimate of drug-likeness (QED) is 0.472. The summed E-state index contributed by atoms with van der Waals surface area (Å²) in [6, 6.07) is 28.1. The Morgan fingerprint density at radius 1 is 0.871 bits per heavy atom. The van der Waals surface area contributed by atoms with Crippen molar-refractivity contribution in [3.8, 4) is 5.75 Å². The number of rotatable bonds is 7. The number of allylic oxidation sites excluding steroid dienone is 1. The monoisotopic (exact) mass is 411 g/mol. The Hall–Kier alpha value is -3.33. The number of amides is 1. The molecule has 0 heterocycles. The van der Waals surface area contributed by atoms with Gasteiger partial charge in [0.1, 0.15) is 5.75 Å². The van der Waals surface area contributed by atoms with E-state index in [1.54, 1.807) is 7.11 Å². The number of ether oxygens (including phenoxy) is 1. The topological polar surface area (TPSA) is 38.3 Å². The fourth-order valence-electron chi connectivity index (χ4n) is 4.43. The minimum absolute atomic E-state index is 0.0598. The number of nitrogens with one attached hydrogen (secondary N) is 1. The van der Waals surface area contributed by atoms with E-state index in [0.717, 1.165) is 40.9 Å². The lowest BCUT2D eigenvalue weighted by atomic mass is 9.90. The first-order chi connectivity index (χ1) is 15.2. The lowest BCUT2D eigenvalue weighted by Gasteiger charge is -2.21. The fourth-order valence-corrected chi connectivity index (χ4v) is 4.43. The normalized spacial score (nSPS) is 15.5. The highest BCUT2D eigenvalue weighted by atomic mass is 16.5. The highest BCUT2D eigenvalue weighted by Crippen LogP contribution is 2.36. The zero-order valence-electron chi connectivity index (χ0n) is 18.0. The van der Waals surface area contributed by atoms with Gasteiger partial charge in [-0.15, -0.1) is 0 Å². The predicted octanol–water partition coefficient (Wildman–Crippen LogP) is 6.17. The molecule has 1 atom stereocenters. The molecule has 0 spiro atoms. The van der Waals surface area contributed by atoms with Gasteiger partial charge in [-0.3, -0.25) is 4.79 Å². The van der Waals surface area contributed by atoms with Crippen LogP contribution in [0, 0.1) is 5.92 Å². The Balaban J connectivity index is 1.64. The molecule has 3 nitrogen and oxygen atoms in total. The van der Waals surface area contributed by atoms with Gasteiger partial charge in [0.25, 0.3) is 0 Å². The molecule has 3 aromatic rings. The number of carbonyl (C=O) groups excluding carboxylic acids is 1. The van der Waals surface area contributed by atoms with Crippen LogP contribution >= 0.6 is 0 Å². The number of carbonyl (C=O) groups is 1. The summed E-state index contributed by atoms with van der Waals surface area (Å²) in [6.45, 7) is 0. The van der Waals surface area contributed by atoms with E-state index in [0.29, 0.717) is 5.92 Å². The van der Waals surface area contributed by atoms with E-state index < -0.39 is 0 Å². The number of hydrogen-bond donors (Lipinski definition) is 1. The van der Waals surface area contributed by atoms with Gasteiger partial charge in [-0.25, -0.2) is 0 Å². The maximum atomic E-state index is 13.3. The smallest absolute Gasteiger partial charge is 0.245 e. The Labute approximate surface area is 184 Å². The molecule has 1 aliphatic rings. The molecule has 1 fully saturated rings. The average Bonchev–Trinajstić information content (AvgIpc) is 3.37. The first kappa shape index (κ1) is 20.9. The number of methoxy groups -OCH3 is 1. The molecule has 3 aromatic carbocycles. The van der Waals surface area contributed by atoms with E-state index in [1.165, 1.54) is 12.8 Å². The molecule has 1 unspecified atom stereocenters. The summed E-state index contributed by atoms with van der Waals surface area (Å²) in [7, 11) is 1.66. The van der Waals surface area contributed by atoms with Gasteiger partial charge in [0.05, 0.1) is 13.2 Å². The molecule has 1 aliphatic carbocycles. The van der Waals surface area contributed by atoms with Crippen molar-refractivity contribution in [2.24, 2.45) is 5.92 Å². The molecule has 158 valence electrons. The minimum atomic E-state index is -0.226. The van der Waals surface area contributed by atoms with E-state index in [9.17, 15) is 4.79 Å². The SMILES string of the molecule is COc1ccc(C(NC(=O)/C=C(\c2ccccc2)C2CCCC2)c2ccccc2)cc1. The predicted molar refractivity (Wildman–Crippen MR) is 126 cm³/mol. The van der Waals surface area contributed by atoms with Crippen molar-refractivity contribution in [3.05, 3.63) is 108 Å². The molecule has 4 rings (SSSR count). The molecule has 1 amide bonds. The third kappa shape index (κ3) is 5.24. The van der Waals surface area contributed by atoms with Crippen LogP contribution in [-0.4, -0.2) is 13.0 Å². The second-order valence-corrected chi connectivity index (χ2v) is 8.07. The van der Waals surface area contributed by atoms with Gasteiger partial charge in [-0.2, -0.15) is 0 Å². The Kier molecular flexibility index (Phi) is 6.83. The molecule has 1 N–H and O–H groups in total. The van der Waals surface area contributed by atoms with Crippen LogP contribution in [0.25, 0.3) is 5.57 Å². The average molecular weight is 412 g/mol. The second-order valence-electron chi connectivity index (χ2n) is 8.07. The largest absolute Gasteiger partial charge is 0.497 e. The molecular formula is C28H29NO2. The standard InChI is InChI=1S/C28H29NO2/c1-31-25-18-16-24(17-19-25)28(23-14-6-3-7-15-23)29-27(30)20-26(22-12-8-9-13-22)21-10-4-2-5-11-21/h2-7,10-11,14-20,22,28H,8-9,12-13H2,1H3,(H,29,30)/b26-20+. The van der Waals surface area contributed by atoms with E-state index in [2.05, 4.69) is 17.4 Å². The summed E-state index contributed by atoms with van der Waals surface area (Å²) in [6.07, 6.45) is 6.58. The van der Waals surface area contributed by atoms with Crippen LogP contribution in [-0.2, 0) is 4.79 Å². The summed E-state index contributed by atoms with van der Waals surface area (Å²) in [5.41, 5.74) is 4.37. The van der Waals surface area contributed by atoms with E-state index >= 15 is 0 Å². The molecule has 31 heavy (non-hydrogen) atoms. The highest BCUT2D eigenvalue weighted by molar-refractivity contribution is 5.96. The maximum Gasteiger partial charge on any atom is 0.245 e. The van der Waals surface area contributed by atoms with Crippen molar-refractivity contribution in [1.29, 1.82) is 0 Å². The van der Waals surface area contributed by atoms with Crippen molar-refractivity contribution in [2.75, 3.05) is 7.11 Å². The Morgan fingerprint density at radius 3 is 2.06 bits per heavy atom. The lowest BCUT2D eigenvalue weighted by molar-refractivity contribution is -0.116. The minimum Gasteiger partial charge on any atom is -0.497 e. The van der Waals surface area contributed by atoms with Gasteiger partial charge in [0.2, 0.25) is 5.91 Å². The first-order valence-corrected chi connectivity index (χ1v) is 11.0. The molecule has 0 radical (unpaired) electrons. The van der Waals surface area contributed by atoms with Crippen LogP contribution in [0.2, 0.25) is 0 Å². The second kappa shape index (κ2) is 10.1. The summed E-state index contributed by atoms with van der Waals surface area (Å²) in [4.78, 5) is 13.3. The fraction of sp³-hybridized carbons (Fsp3) is 0.250. The molecule has 1 saturated carbocycles. The van der Waals surface area contributed by atoms with Crippen molar-refractivity contribution in [2.45, 2.75) is 31.7 Å². The third-order valence-corrected chi connectivity index (χ3v) is 6.06. The van der Waals surface area contributed by atoms with E-state index in [1.807, 2.05) is 78.9 Å². The van der Waals surface area contributed by atoms with E-state index in [4.69, 9.17) is 4.74 Å². The molecular weight excluding hydrogens is 382 g/mol. The first-order valence-electron chi connectivity index (χ1n) is 11.0. The molecule has 0 bridgehead atoms. The Bertz CT molecular complexity index is 1000. The van der Waals surface area contributed by atoms with Gasteiger partial charge in [0, 0.05) is 6.08 Å². The van der Waals surface area contributed by atoms with E-state index in [-0.39, 0.29) is 11.9 Å². The third-order valence-electron chi connectivity index (χ3n) is 6.06. The Morgan fingerprint density at radius 2 is 1.45 bits per heavy atom. The van der Waals surface area contributed by atoms with Gasteiger partial charge < -0.3 is 10.1 Å². The zero-order valence-corrected chi connectivity index (χ0v) is 18.0. The highest BCUT2D eigenvalue weighted by Gasteiger charge is 2.22. The molecule has 0 aliphatic heterocycles. The van der Waals surface area contributed by atoms with Gasteiger partial charge >= 0.3 is 0 Å². The van der Waals surface area contributed by atoms with Crippen molar-refractivity contribution < 1.29 is 9.53 Å². The lowest BCUT2D eigenvalue weighted by Crippen LogP contribution is -2.28. The van der Waals surface area contributed by atoms with Crippen LogP contribution in [0.4, 0.5) is 0 Å². The van der Waals surface area contributed by atoms with Crippen LogP contribution in [0.3, 0.4) is 0 Å². The summed E-state index contributed by atoms with van der Waals surface area (Å²) in [5, 5.41) is 3.25. The summed E-state index contributed by atoms with van der Waals surface area (Å²) >= 11 is 0. The van der Waals surface area contributed by atoms with Crippen molar-refractivity contribution >= 4 is 11.5 Å². The van der Waals surface area contributed by atoms with Crippen LogP contribution < -0.4 is 10.1 Å².